The molecular weight excluding hydrogens is 220 g/mol. The Morgan fingerprint density at radius 1 is 1.29 bits per heavy atom. The Hall–Kier alpha value is -1.10. The predicted molar refractivity (Wildman–Crippen MR) is 66.5 cm³/mol. The number of nitrogens with two attached hydrogens (primary N) is 1. The first-order valence-electron chi connectivity index (χ1n) is 5.93. The van der Waals surface area contributed by atoms with E-state index in [4.69, 9.17) is 10.8 Å². The molecule has 0 heterocycles. The topological polar surface area (TPSA) is 92.4 Å². The van der Waals surface area contributed by atoms with E-state index in [2.05, 4.69) is 5.32 Å². The first-order chi connectivity index (χ1) is 7.66. The highest BCUT2D eigenvalue weighted by molar-refractivity contribution is 5.78. The summed E-state index contributed by atoms with van der Waals surface area (Å²) in [7, 11) is 0. The molecule has 0 aromatic rings. The number of hydrogen-bond donors (Lipinski definition) is 3. The average Bonchev–Trinajstić information content (AvgIpc) is 2.14. The van der Waals surface area contributed by atoms with Crippen molar-refractivity contribution in [2.24, 2.45) is 11.1 Å². The molecule has 4 N–H and O–H groups in total. The molecule has 1 amide bonds. The zero-order chi connectivity index (χ0) is 13.6. The van der Waals surface area contributed by atoms with Gasteiger partial charge in [-0.1, -0.05) is 27.7 Å². The summed E-state index contributed by atoms with van der Waals surface area (Å²) in [4.78, 5) is 22.4. The number of carbonyl (C=O) groups excluding carboxylic acids is 1. The Morgan fingerprint density at radius 3 is 2.18 bits per heavy atom. The monoisotopic (exact) mass is 244 g/mol. The molecular formula is C12H24N2O3. The minimum atomic E-state index is -0.912. The van der Waals surface area contributed by atoms with Crippen LogP contribution in [0.2, 0.25) is 0 Å². The fourth-order valence-electron chi connectivity index (χ4n) is 1.38. The van der Waals surface area contributed by atoms with E-state index >= 15 is 0 Å². The van der Waals surface area contributed by atoms with E-state index in [0.29, 0.717) is 0 Å². The Kier molecular flexibility index (Phi) is 6.16. The normalized spacial score (nSPS) is 15.1. The molecule has 0 aromatic carbocycles. The third-order valence-electron chi connectivity index (χ3n) is 2.73. The fourth-order valence-corrected chi connectivity index (χ4v) is 1.38. The molecule has 0 spiro atoms. The number of hydrogen-bond acceptors (Lipinski definition) is 3. The molecule has 5 nitrogen and oxygen atoms in total. The van der Waals surface area contributed by atoms with Crippen molar-refractivity contribution in [2.75, 3.05) is 0 Å². The summed E-state index contributed by atoms with van der Waals surface area (Å²) in [5, 5.41) is 11.6. The van der Waals surface area contributed by atoms with E-state index in [1.165, 1.54) is 0 Å². The lowest BCUT2D eigenvalue weighted by molar-refractivity contribution is -0.138. The lowest BCUT2D eigenvalue weighted by Gasteiger charge is -2.30. The highest BCUT2D eigenvalue weighted by Gasteiger charge is 2.28. The quantitative estimate of drug-likeness (QED) is 0.652. The van der Waals surface area contributed by atoms with Gasteiger partial charge < -0.3 is 16.2 Å². The molecule has 0 bridgehead atoms. The SMILES string of the molecule is CCC(N)CC(=O)NC(CC(=O)O)C(C)(C)C. The molecule has 0 rings (SSSR count). The third kappa shape index (κ3) is 6.94. The van der Waals surface area contributed by atoms with Gasteiger partial charge in [-0.05, 0) is 11.8 Å². The van der Waals surface area contributed by atoms with Crippen LogP contribution in [0.5, 0.6) is 0 Å². The van der Waals surface area contributed by atoms with E-state index in [-0.39, 0.29) is 36.2 Å². The Bertz CT molecular complexity index is 271. The van der Waals surface area contributed by atoms with Crippen molar-refractivity contribution < 1.29 is 14.7 Å². The summed E-state index contributed by atoms with van der Waals surface area (Å²) in [5.74, 6) is -1.09. The largest absolute Gasteiger partial charge is 0.481 e. The van der Waals surface area contributed by atoms with Crippen molar-refractivity contribution in [3.05, 3.63) is 0 Å². The van der Waals surface area contributed by atoms with Gasteiger partial charge in [0.25, 0.3) is 0 Å². The van der Waals surface area contributed by atoms with E-state index in [9.17, 15) is 9.59 Å². The molecule has 0 aliphatic heterocycles. The number of carboxylic acid groups (broad SMARTS) is 1. The van der Waals surface area contributed by atoms with Gasteiger partial charge in [-0.25, -0.2) is 0 Å². The van der Waals surface area contributed by atoms with Gasteiger partial charge in [0.2, 0.25) is 5.91 Å². The lowest BCUT2D eigenvalue weighted by atomic mass is 9.84. The van der Waals surface area contributed by atoms with Gasteiger partial charge in [0, 0.05) is 18.5 Å². The van der Waals surface area contributed by atoms with Gasteiger partial charge in [0.1, 0.15) is 0 Å². The van der Waals surface area contributed by atoms with Crippen molar-refractivity contribution in [1.82, 2.24) is 5.32 Å². The number of aliphatic carboxylic acids is 1. The molecule has 0 radical (unpaired) electrons. The highest BCUT2D eigenvalue weighted by atomic mass is 16.4. The minimum absolute atomic E-state index is 0.0728. The van der Waals surface area contributed by atoms with E-state index < -0.39 is 5.97 Å². The van der Waals surface area contributed by atoms with Crippen LogP contribution in [-0.4, -0.2) is 29.1 Å². The lowest BCUT2D eigenvalue weighted by Crippen LogP contribution is -2.46. The summed E-state index contributed by atoms with van der Waals surface area (Å²) in [6.45, 7) is 7.62. The molecule has 0 aromatic heterocycles. The number of carboxylic acids is 1. The summed E-state index contributed by atoms with van der Waals surface area (Å²) in [5.41, 5.74) is 5.40. The molecule has 0 saturated heterocycles. The van der Waals surface area contributed by atoms with Crippen molar-refractivity contribution >= 4 is 11.9 Å². The van der Waals surface area contributed by atoms with Crippen molar-refractivity contribution in [3.8, 4) is 0 Å². The average molecular weight is 244 g/mol. The Labute approximate surface area is 103 Å². The maximum absolute atomic E-state index is 11.7. The molecule has 0 aliphatic carbocycles. The second kappa shape index (κ2) is 6.59. The fraction of sp³-hybridized carbons (Fsp3) is 0.833. The van der Waals surface area contributed by atoms with Gasteiger partial charge in [0.05, 0.1) is 6.42 Å². The summed E-state index contributed by atoms with van der Waals surface area (Å²) in [6.07, 6.45) is 0.895. The molecule has 0 saturated carbocycles. The van der Waals surface area contributed by atoms with E-state index in [1.807, 2.05) is 27.7 Å². The zero-order valence-corrected chi connectivity index (χ0v) is 11.1. The Morgan fingerprint density at radius 2 is 1.82 bits per heavy atom. The van der Waals surface area contributed by atoms with Crippen LogP contribution in [0.25, 0.3) is 0 Å². The molecule has 5 heteroatoms. The number of amides is 1. The second-order valence-electron chi connectivity index (χ2n) is 5.46. The zero-order valence-electron chi connectivity index (χ0n) is 11.1. The first-order valence-corrected chi connectivity index (χ1v) is 5.93. The molecule has 0 fully saturated rings. The summed E-state index contributed by atoms with van der Waals surface area (Å²) >= 11 is 0. The second-order valence-corrected chi connectivity index (χ2v) is 5.46. The number of carbonyl (C=O) groups is 2. The smallest absolute Gasteiger partial charge is 0.305 e. The molecule has 0 aliphatic rings. The van der Waals surface area contributed by atoms with Crippen molar-refractivity contribution in [1.29, 1.82) is 0 Å². The van der Waals surface area contributed by atoms with Crippen molar-refractivity contribution in [2.45, 2.75) is 59.0 Å². The van der Waals surface area contributed by atoms with Crippen LogP contribution in [0, 0.1) is 5.41 Å². The summed E-state index contributed by atoms with van der Waals surface area (Å²) in [6, 6.07) is -0.544. The van der Waals surface area contributed by atoms with Crippen LogP contribution in [-0.2, 0) is 9.59 Å². The number of rotatable bonds is 6. The Balaban J connectivity index is 4.44. The van der Waals surface area contributed by atoms with Gasteiger partial charge in [-0.3, -0.25) is 9.59 Å². The van der Waals surface area contributed by atoms with Gasteiger partial charge in [-0.15, -0.1) is 0 Å². The predicted octanol–water partition coefficient (Wildman–Crippen LogP) is 1.12. The number of nitrogens with one attached hydrogen (secondary N) is 1. The highest BCUT2D eigenvalue weighted by Crippen LogP contribution is 2.22. The minimum Gasteiger partial charge on any atom is -0.481 e. The van der Waals surface area contributed by atoms with Crippen LogP contribution in [0.4, 0.5) is 0 Å². The maximum atomic E-state index is 11.7. The van der Waals surface area contributed by atoms with E-state index in [0.717, 1.165) is 6.42 Å². The van der Waals surface area contributed by atoms with E-state index in [1.54, 1.807) is 0 Å². The van der Waals surface area contributed by atoms with Crippen LogP contribution in [0.3, 0.4) is 0 Å². The van der Waals surface area contributed by atoms with Crippen LogP contribution >= 0.6 is 0 Å². The molecule has 2 unspecified atom stereocenters. The van der Waals surface area contributed by atoms with Crippen LogP contribution < -0.4 is 11.1 Å². The van der Waals surface area contributed by atoms with Gasteiger partial charge in [-0.2, -0.15) is 0 Å². The standard InChI is InChI=1S/C12H24N2O3/c1-5-8(13)6-10(15)14-9(7-11(16)17)12(2,3)4/h8-9H,5-7,13H2,1-4H3,(H,14,15)(H,16,17). The first kappa shape index (κ1) is 15.9. The molecule has 17 heavy (non-hydrogen) atoms. The van der Waals surface area contributed by atoms with Gasteiger partial charge >= 0.3 is 5.97 Å². The van der Waals surface area contributed by atoms with Crippen LogP contribution in [0.1, 0.15) is 47.0 Å². The molecule has 100 valence electrons. The van der Waals surface area contributed by atoms with Crippen molar-refractivity contribution in [3.63, 3.8) is 0 Å². The van der Waals surface area contributed by atoms with Gasteiger partial charge in [0.15, 0.2) is 0 Å². The third-order valence-corrected chi connectivity index (χ3v) is 2.73. The summed E-state index contributed by atoms with van der Waals surface area (Å²) < 4.78 is 0. The van der Waals surface area contributed by atoms with Crippen LogP contribution in [0.15, 0.2) is 0 Å². The maximum Gasteiger partial charge on any atom is 0.305 e. The molecule has 2 atom stereocenters.